The first-order valence-electron chi connectivity index (χ1n) is 5.82. The minimum absolute atomic E-state index is 0.637. The Kier molecular flexibility index (Phi) is 8.44. The van der Waals surface area contributed by atoms with E-state index in [0.717, 1.165) is 5.75 Å². The van der Waals surface area contributed by atoms with Gasteiger partial charge in [0.2, 0.25) is 0 Å². The predicted molar refractivity (Wildman–Crippen MR) is 80.7 cm³/mol. The lowest BCUT2D eigenvalue weighted by molar-refractivity contribution is 0.414. The standard InChI is InChI=1S/C8H10O.C7H13P/c1-7-4-3-5-8(6-7)9-2;1-4-7(5-8)6(2)3/h3-6H,1-2H3;4-6,8H,1-3H3/b;7-4+. The average molecular weight is 250 g/mol. The molecule has 0 aliphatic heterocycles. The smallest absolute Gasteiger partial charge is 0.119 e. The molecule has 0 aliphatic carbocycles. The molecule has 0 saturated carbocycles. The van der Waals surface area contributed by atoms with Crippen molar-refractivity contribution in [2.45, 2.75) is 27.7 Å². The summed E-state index contributed by atoms with van der Waals surface area (Å²) in [4.78, 5) is 0. The van der Waals surface area contributed by atoms with Crippen LogP contribution in [0.4, 0.5) is 0 Å². The fourth-order valence-corrected chi connectivity index (χ4v) is 1.83. The molecule has 0 bridgehead atoms. The van der Waals surface area contributed by atoms with Crippen LogP contribution in [0.3, 0.4) is 0 Å². The molecule has 0 aromatic heterocycles. The molecule has 94 valence electrons. The highest BCUT2D eigenvalue weighted by Gasteiger charge is 1.93. The maximum atomic E-state index is 5.00. The number of allylic oxidation sites excluding steroid dienone is 2. The minimum Gasteiger partial charge on any atom is -0.497 e. The molecule has 2 heteroatoms. The van der Waals surface area contributed by atoms with Crippen molar-refractivity contribution in [2.75, 3.05) is 7.11 Å². The monoisotopic (exact) mass is 250 g/mol. The Morgan fingerprint density at radius 1 is 1.35 bits per heavy atom. The van der Waals surface area contributed by atoms with Crippen LogP contribution in [0.25, 0.3) is 0 Å². The summed E-state index contributed by atoms with van der Waals surface area (Å²) in [6.07, 6.45) is 2.11. The van der Waals surface area contributed by atoms with Gasteiger partial charge in [-0.05, 0) is 48.8 Å². The highest BCUT2D eigenvalue weighted by Crippen LogP contribution is 2.10. The third-order valence-electron chi connectivity index (χ3n) is 2.39. The third kappa shape index (κ3) is 6.97. The van der Waals surface area contributed by atoms with Crippen molar-refractivity contribution in [3.63, 3.8) is 0 Å². The summed E-state index contributed by atoms with van der Waals surface area (Å²) in [6, 6.07) is 7.96. The van der Waals surface area contributed by atoms with Gasteiger partial charge in [0.25, 0.3) is 0 Å². The largest absolute Gasteiger partial charge is 0.497 e. The summed E-state index contributed by atoms with van der Waals surface area (Å²) in [5.41, 5.74) is 2.58. The van der Waals surface area contributed by atoms with E-state index in [-0.39, 0.29) is 0 Å². The molecule has 0 unspecified atom stereocenters. The van der Waals surface area contributed by atoms with Gasteiger partial charge in [0, 0.05) is 0 Å². The van der Waals surface area contributed by atoms with E-state index >= 15 is 0 Å². The number of hydrogen-bond donors (Lipinski definition) is 0. The van der Waals surface area contributed by atoms with Crippen LogP contribution in [0.5, 0.6) is 5.75 Å². The van der Waals surface area contributed by atoms with Crippen LogP contribution < -0.4 is 4.74 Å². The first-order valence-corrected chi connectivity index (χ1v) is 6.40. The Morgan fingerprint density at radius 3 is 2.24 bits per heavy atom. The van der Waals surface area contributed by atoms with Gasteiger partial charge in [-0.1, -0.05) is 32.1 Å². The highest BCUT2D eigenvalue weighted by molar-refractivity contribution is 7.19. The molecule has 0 N–H and O–H groups in total. The van der Waals surface area contributed by atoms with E-state index in [0.29, 0.717) is 5.92 Å². The van der Waals surface area contributed by atoms with Crippen molar-refractivity contribution >= 4 is 14.7 Å². The van der Waals surface area contributed by atoms with Crippen LogP contribution in [-0.4, -0.2) is 12.9 Å². The third-order valence-corrected chi connectivity index (χ3v) is 2.73. The quantitative estimate of drug-likeness (QED) is 0.716. The molecule has 0 heterocycles. The Balaban J connectivity index is 0.000000304. The van der Waals surface area contributed by atoms with Gasteiger partial charge in [0.15, 0.2) is 0 Å². The fraction of sp³-hybridized carbons (Fsp3) is 0.400. The summed E-state index contributed by atoms with van der Waals surface area (Å²) >= 11 is 0. The molecular weight excluding hydrogens is 227 g/mol. The van der Waals surface area contributed by atoms with Crippen LogP contribution in [0.15, 0.2) is 35.9 Å². The molecule has 0 saturated heterocycles. The van der Waals surface area contributed by atoms with Gasteiger partial charge >= 0.3 is 0 Å². The Labute approximate surface area is 108 Å². The number of ether oxygens (including phenoxy) is 1. The lowest BCUT2D eigenvalue weighted by Crippen LogP contribution is -1.91. The van der Waals surface area contributed by atoms with Crippen molar-refractivity contribution < 1.29 is 4.74 Å². The van der Waals surface area contributed by atoms with E-state index in [4.69, 9.17) is 4.74 Å². The molecule has 1 nitrogen and oxygen atoms in total. The van der Waals surface area contributed by atoms with E-state index in [1.807, 2.05) is 43.9 Å². The van der Waals surface area contributed by atoms with Gasteiger partial charge in [-0.2, -0.15) is 0 Å². The van der Waals surface area contributed by atoms with Gasteiger partial charge in [-0.25, -0.2) is 0 Å². The number of hydrogen-bond acceptors (Lipinski definition) is 1. The minimum atomic E-state index is 0.637. The van der Waals surface area contributed by atoms with Gasteiger partial charge in [-0.3, -0.25) is 0 Å². The van der Waals surface area contributed by atoms with Gasteiger partial charge in [-0.15, -0.1) is 8.86 Å². The Morgan fingerprint density at radius 2 is 2.00 bits per heavy atom. The molecule has 1 aromatic carbocycles. The maximum Gasteiger partial charge on any atom is 0.119 e. The highest BCUT2D eigenvalue weighted by atomic mass is 31.0. The Hall–Kier alpha value is -1.07. The lowest BCUT2D eigenvalue weighted by Gasteiger charge is -2.01. The molecular formula is C15H23OP. The molecule has 0 radical (unpaired) electrons. The summed E-state index contributed by atoms with van der Waals surface area (Å²) in [5.74, 6) is 3.53. The number of rotatable bonds is 3. The fourth-order valence-electron chi connectivity index (χ4n) is 1.33. The molecule has 17 heavy (non-hydrogen) atoms. The van der Waals surface area contributed by atoms with E-state index in [1.54, 1.807) is 7.11 Å². The number of methoxy groups -OCH3 is 1. The summed E-state index contributed by atoms with van der Waals surface area (Å²) in [5, 5.41) is 0. The molecule has 0 fully saturated rings. The topological polar surface area (TPSA) is 9.23 Å². The summed E-state index contributed by atoms with van der Waals surface area (Å²) in [7, 11) is 5.00. The van der Waals surface area contributed by atoms with Crippen LogP contribution in [-0.2, 0) is 0 Å². The molecule has 0 aliphatic rings. The summed E-state index contributed by atoms with van der Waals surface area (Å²) in [6.45, 7) is 8.44. The van der Waals surface area contributed by atoms with E-state index in [2.05, 4.69) is 28.8 Å². The van der Waals surface area contributed by atoms with Crippen LogP contribution in [0.1, 0.15) is 26.3 Å². The van der Waals surface area contributed by atoms with Gasteiger partial charge in [0.05, 0.1) is 7.11 Å². The van der Waals surface area contributed by atoms with Crippen LogP contribution in [0.2, 0.25) is 0 Å². The van der Waals surface area contributed by atoms with Crippen LogP contribution >= 0.6 is 8.86 Å². The predicted octanol–water partition coefficient (Wildman–Crippen LogP) is 4.54. The number of benzene rings is 1. The second-order valence-electron chi connectivity index (χ2n) is 4.11. The van der Waals surface area contributed by atoms with Gasteiger partial charge < -0.3 is 4.74 Å². The number of aryl methyl sites for hydroxylation is 1. The molecule has 0 atom stereocenters. The first kappa shape index (κ1) is 15.9. The maximum absolute atomic E-state index is 5.00. The van der Waals surface area contributed by atoms with Crippen LogP contribution in [0, 0.1) is 12.8 Å². The van der Waals surface area contributed by atoms with Crippen molar-refractivity contribution in [1.29, 1.82) is 0 Å². The zero-order valence-electron chi connectivity index (χ0n) is 11.4. The molecule has 0 spiro atoms. The SMILES string of the molecule is C/C=C(\C=P)C(C)C.COc1cccc(C)c1. The zero-order valence-corrected chi connectivity index (χ0v) is 12.4. The zero-order chi connectivity index (χ0) is 13.3. The van der Waals surface area contributed by atoms with E-state index < -0.39 is 0 Å². The molecule has 0 amide bonds. The normalized spacial score (nSPS) is 10.6. The van der Waals surface area contributed by atoms with Crippen molar-refractivity contribution in [2.24, 2.45) is 5.92 Å². The second kappa shape index (κ2) is 9.01. The second-order valence-corrected chi connectivity index (χ2v) is 4.40. The van der Waals surface area contributed by atoms with Gasteiger partial charge in [0.1, 0.15) is 5.75 Å². The van der Waals surface area contributed by atoms with Crippen molar-refractivity contribution in [3.05, 3.63) is 41.5 Å². The summed E-state index contributed by atoms with van der Waals surface area (Å²) < 4.78 is 5.00. The Bertz CT molecular complexity index is 367. The lowest BCUT2D eigenvalue weighted by atomic mass is 10.1. The van der Waals surface area contributed by atoms with Crippen molar-refractivity contribution in [1.82, 2.24) is 0 Å². The van der Waals surface area contributed by atoms with E-state index in [1.165, 1.54) is 11.1 Å². The first-order chi connectivity index (χ1) is 8.04. The average Bonchev–Trinajstić information content (AvgIpc) is 2.31. The van der Waals surface area contributed by atoms with E-state index in [9.17, 15) is 0 Å². The van der Waals surface area contributed by atoms with Crippen molar-refractivity contribution in [3.8, 4) is 5.75 Å². The molecule has 1 rings (SSSR count). The molecule has 1 aromatic rings.